The van der Waals surface area contributed by atoms with Gasteiger partial charge in [-0.25, -0.2) is 4.98 Å². The predicted molar refractivity (Wildman–Crippen MR) is 83.3 cm³/mol. The number of pyridine rings is 1. The SMILES string of the molecule is CCCSc1[nH+]c(N)c(C#N)c(-c2ccccc2)c1C#N. The lowest BCUT2D eigenvalue weighted by atomic mass is 9.97. The molecular weight excluding hydrogens is 280 g/mol. The van der Waals surface area contributed by atoms with Crippen LogP contribution in [-0.2, 0) is 0 Å². The predicted octanol–water partition coefficient (Wildman–Crippen LogP) is 3.00. The third-order valence-electron chi connectivity index (χ3n) is 2.98. The highest BCUT2D eigenvalue weighted by atomic mass is 32.2. The van der Waals surface area contributed by atoms with Crippen molar-refractivity contribution in [3.8, 4) is 23.3 Å². The summed E-state index contributed by atoms with van der Waals surface area (Å²) in [6.07, 6.45) is 0.990. The third kappa shape index (κ3) is 2.99. The van der Waals surface area contributed by atoms with E-state index in [9.17, 15) is 10.5 Å². The van der Waals surface area contributed by atoms with E-state index in [0.29, 0.717) is 22.5 Å². The standard InChI is InChI=1S/C16H14N4S/c1-2-8-21-16-13(10-18)14(11-6-4-3-5-7-11)12(9-17)15(19)20-16/h3-7H,2,8H2,1H3,(H2,19,20)/p+1. The molecule has 0 aliphatic carbocycles. The van der Waals surface area contributed by atoms with Crippen molar-refractivity contribution in [2.45, 2.75) is 18.4 Å². The molecule has 0 unspecified atom stereocenters. The Labute approximate surface area is 128 Å². The van der Waals surface area contributed by atoms with Gasteiger partial charge in [0.2, 0.25) is 0 Å². The lowest BCUT2D eigenvalue weighted by molar-refractivity contribution is -0.410. The number of H-pyrrole nitrogens is 1. The number of nitrogens with zero attached hydrogens (tertiary/aromatic N) is 2. The maximum Gasteiger partial charge on any atom is 0.289 e. The molecule has 1 heterocycles. The van der Waals surface area contributed by atoms with Gasteiger partial charge in [-0.3, -0.25) is 5.73 Å². The van der Waals surface area contributed by atoms with Crippen LogP contribution in [0.5, 0.6) is 0 Å². The molecule has 104 valence electrons. The van der Waals surface area contributed by atoms with Gasteiger partial charge in [-0.1, -0.05) is 49.0 Å². The van der Waals surface area contributed by atoms with Crippen molar-refractivity contribution in [1.29, 1.82) is 10.5 Å². The fourth-order valence-corrected chi connectivity index (χ4v) is 2.93. The van der Waals surface area contributed by atoms with E-state index in [2.05, 4.69) is 24.0 Å². The molecule has 4 nitrogen and oxygen atoms in total. The molecule has 0 amide bonds. The number of hydrogen-bond donors (Lipinski definition) is 1. The Morgan fingerprint density at radius 3 is 2.38 bits per heavy atom. The Kier molecular flexibility index (Phi) is 4.81. The summed E-state index contributed by atoms with van der Waals surface area (Å²) in [7, 11) is 0. The lowest BCUT2D eigenvalue weighted by Crippen LogP contribution is -2.18. The van der Waals surface area contributed by atoms with Crippen molar-refractivity contribution in [2.24, 2.45) is 0 Å². The molecule has 0 aliphatic heterocycles. The average molecular weight is 295 g/mol. The summed E-state index contributed by atoms with van der Waals surface area (Å²) in [6, 6.07) is 13.7. The van der Waals surface area contributed by atoms with Gasteiger partial charge >= 0.3 is 0 Å². The molecule has 0 saturated carbocycles. The molecule has 0 spiro atoms. The molecule has 0 saturated heterocycles. The van der Waals surface area contributed by atoms with Gasteiger partial charge in [0.1, 0.15) is 23.3 Å². The van der Waals surface area contributed by atoms with E-state index in [0.717, 1.165) is 22.8 Å². The smallest absolute Gasteiger partial charge is 0.286 e. The second-order valence-corrected chi connectivity index (χ2v) is 5.54. The van der Waals surface area contributed by atoms with Crippen molar-refractivity contribution in [1.82, 2.24) is 0 Å². The first kappa shape index (κ1) is 14.9. The van der Waals surface area contributed by atoms with Crippen molar-refractivity contribution >= 4 is 17.6 Å². The summed E-state index contributed by atoms with van der Waals surface area (Å²) in [5.74, 6) is 1.18. The van der Waals surface area contributed by atoms with Crippen LogP contribution in [0.1, 0.15) is 24.5 Å². The van der Waals surface area contributed by atoms with Crippen LogP contribution in [0.2, 0.25) is 0 Å². The van der Waals surface area contributed by atoms with Crippen molar-refractivity contribution < 1.29 is 4.98 Å². The Bertz CT molecular complexity index is 727. The minimum Gasteiger partial charge on any atom is -0.286 e. The summed E-state index contributed by atoms with van der Waals surface area (Å²) < 4.78 is 0. The highest BCUT2D eigenvalue weighted by Crippen LogP contribution is 2.33. The number of rotatable bonds is 4. The molecule has 0 bridgehead atoms. The van der Waals surface area contributed by atoms with Crippen LogP contribution in [0.4, 0.5) is 5.82 Å². The summed E-state index contributed by atoms with van der Waals surface area (Å²) in [4.78, 5) is 2.99. The van der Waals surface area contributed by atoms with Gasteiger partial charge in [-0.05, 0) is 12.0 Å². The maximum absolute atomic E-state index is 9.54. The molecule has 21 heavy (non-hydrogen) atoms. The monoisotopic (exact) mass is 295 g/mol. The molecule has 0 aliphatic rings. The largest absolute Gasteiger partial charge is 0.289 e. The fourth-order valence-electron chi connectivity index (χ4n) is 2.05. The second-order valence-electron chi connectivity index (χ2n) is 4.43. The minimum atomic E-state index is 0.300. The number of benzene rings is 1. The summed E-state index contributed by atoms with van der Waals surface area (Å²) in [6.45, 7) is 2.07. The van der Waals surface area contributed by atoms with Gasteiger partial charge in [0.25, 0.3) is 5.82 Å². The van der Waals surface area contributed by atoms with Crippen LogP contribution in [0, 0.1) is 22.7 Å². The third-order valence-corrected chi connectivity index (χ3v) is 4.19. The fraction of sp³-hybridized carbons (Fsp3) is 0.188. The van der Waals surface area contributed by atoms with Crippen molar-refractivity contribution in [3.05, 3.63) is 41.5 Å². The van der Waals surface area contributed by atoms with Crippen LogP contribution in [-0.4, -0.2) is 5.75 Å². The molecule has 2 rings (SSSR count). The molecule has 0 fully saturated rings. The normalized spacial score (nSPS) is 9.86. The molecular formula is C16H15N4S+. The molecule has 3 N–H and O–H groups in total. The number of nitriles is 2. The van der Waals surface area contributed by atoms with E-state index in [1.807, 2.05) is 30.3 Å². The van der Waals surface area contributed by atoms with E-state index >= 15 is 0 Å². The molecule has 1 aromatic carbocycles. The van der Waals surface area contributed by atoms with Crippen LogP contribution >= 0.6 is 11.8 Å². The van der Waals surface area contributed by atoms with Crippen LogP contribution in [0.15, 0.2) is 35.4 Å². The summed E-state index contributed by atoms with van der Waals surface area (Å²) in [5, 5.41) is 19.6. The Balaban J connectivity index is 2.74. The molecule has 1 aromatic heterocycles. The Morgan fingerprint density at radius 2 is 1.81 bits per heavy atom. The zero-order valence-electron chi connectivity index (χ0n) is 11.7. The molecule has 0 radical (unpaired) electrons. The Hall–Kier alpha value is -2.50. The van der Waals surface area contributed by atoms with Gasteiger partial charge in [0, 0.05) is 11.3 Å². The first-order valence-electron chi connectivity index (χ1n) is 6.60. The number of nitrogens with one attached hydrogen (secondary N) is 1. The zero-order valence-corrected chi connectivity index (χ0v) is 12.5. The maximum atomic E-state index is 9.54. The van der Waals surface area contributed by atoms with Gasteiger partial charge < -0.3 is 0 Å². The highest BCUT2D eigenvalue weighted by Gasteiger charge is 2.23. The second kappa shape index (κ2) is 6.78. The van der Waals surface area contributed by atoms with Gasteiger partial charge in [0.15, 0.2) is 5.03 Å². The topological polar surface area (TPSA) is 87.7 Å². The van der Waals surface area contributed by atoms with Gasteiger partial charge in [0.05, 0.1) is 0 Å². The van der Waals surface area contributed by atoms with Crippen LogP contribution in [0.25, 0.3) is 11.1 Å². The van der Waals surface area contributed by atoms with E-state index in [1.54, 1.807) is 11.8 Å². The van der Waals surface area contributed by atoms with Crippen LogP contribution < -0.4 is 10.7 Å². The highest BCUT2D eigenvalue weighted by molar-refractivity contribution is 7.99. The first-order chi connectivity index (χ1) is 10.2. The number of aromatic amines is 1. The van der Waals surface area contributed by atoms with E-state index in [1.165, 1.54) is 0 Å². The van der Waals surface area contributed by atoms with Gasteiger partial charge in [-0.2, -0.15) is 10.5 Å². The molecule has 5 heteroatoms. The molecule has 2 aromatic rings. The summed E-state index contributed by atoms with van der Waals surface area (Å²) in [5.41, 5.74) is 8.19. The van der Waals surface area contributed by atoms with Gasteiger partial charge in [-0.15, -0.1) is 0 Å². The molecule has 0 atom stereocenters. The first-order valence-corrected chi connectivity index (χ1v) is 7.58. The number of thioether (sulfide) groups is 1. The number of hydrogen-bond acceptors (Lipinski definition) is 4. The number of nitrogens with two attached hydrogens (primary N) is 1. The van der Waals surface area contributed by atoms with Crippen molar-refractivity contribution in [3.63, 3.8) is 0 Å². The minimum absolute atomic E-state index is 0.300. The van der Waals surface area contributed by atoms with Crippen molar-refractivity contribution in [2.75, 3.05) is 11.5 Å². The number of aromatic nitrogens is 1. The average Bonchev–Trinajstić information content (AvgIpc) is 2.52. The van der Waals surface area contributed by atoms with E-state index < -0.39 is 0 Å². The summed E-state index contributed by atoms with van der Waals surface area (Å²) >= 11 is 1.55. The quantitative estimate of drug-likeness (QED) is 0.878. The van der Waals surface area contributed by atoms with Crippen LogP contribution in [0.3, 0.4) is 0 Å². The van der Waals surface area contributed by atoms with E-state index in [4.69, 9.17) is 5.73 Å². The number of anilines is 1. The lowest BCUT2D eigenvalue weighted by Gasteiger charge is -2.09. The van der Waals surface area contributed by atoms with E-state index in [-0.39, 0.29) is 0 Å². The Morgan fingerprint density at radius 1 is 1.14 bits per heavy atom. The zero-order chi connectivity index (χ0) is 15.2. The number of nitrogen functional groups attached to an aromatic ring is 1.